The highest BCUT2D eigenvalue weighted by Crippen LogP contribution is 2.28. The smallest absolute Gasteiger partial charge is 0.319 e. The number of nitrogens with zero attached hydrogens (tertiary/aromatic N) is 1. The molecule has 0 aromatic heterocycles. The predicted molar refractivity (Wildman–Crippen MR) is 57.9 cm³/mol. The van der Waals surface area contributed by atoms with Gasteiger partial charge in [-0.3, -0.25) is 4.79 Å². The summed E-state index contributed by atoms with van der Waals surface area (Å²) >= 11 is 0. The van der Waals surface area contributed by atoms with Crippen LogP contribution in [0.15, 0.2) is 53.7 Å². The number of allylic oxidation sites excluding steroid dienone is 3. The van der Waals surface area contributed by atoms with Crippen molar-refractivity contribution >= 4 is 5.91 Å². The third-order valence-electron chi connectivity index (χ3n) is 2.11. The number of carbonyl (C=O) groups excluding carboxylic acids is 1. The van der Waals surface area contributed by atoms with Crippen LogP contribution >= 0.6 is 0 Å². The summed E-state index contributed by atoms with van der Waals surface area (Å²) in [5, 5.41) is 0. The summed E-state index contributed by atoms with van der Waals surface area (Å²) in [7, 11) is 1.36. The highest BCUT2D eigenvalue weighted by molar-refractivity contribution is 5.97. The number of alkyl halides is 3. The van der Waals surface area contributed by atoms with E-state index in [0.29, 0.717) is 12.2 Å². The lowest BCUT2D eigenvalue weighted by Gasteiger charge is -2.11. The van der Waals surface area contributed by atoms with Crippen molar-refractivity contribution < 1.29 is 22.4 Å². The number of carbonyl (C=O) groups is 1. The van der Waals surface area contributed by atoms with Crippen molar-refractivity contribution in [2.24, 2.45) is 0 Å². The molecule has 0 N–H and O–H groups in total. The van der Waals surface area contributed by atoms with Gasteiger partial charge in [0.2, 0.25) is 0 Å². The first-order valence-electron chi connectivity index (χ1n) is 4.79. The molecule has 6 heteroatoms. The molecule has 0 atom stereocenters. The van der Waals surface area contributed by atoms with Crippen LogP contribution in [-0.4, -0.2) is 24.0 Å². The second-order valence-corrected chi connectivity index (χ2v) is 3.42. The fraction of sp³-hybridized carbons (Fsp3) is 0.167. The third kappa shape index (κ3) is 3.21. The van der Waals surface area contributed by atoms with Crippen molar-refractivity contribution in [3.8, 4) is 0 Å². The highest BCUT2D eigenvalue weighted by Gasteiger charge is 2.33. The Balaban J connectivity index is 3.13. The van der Waals surface area contributed by atoms with Gasteiger partial charge >= 0.3 is 6.18 Å². The van der Waals surface area contributed by atoms with Gasteiger partial charge in [-0.2, -0.15) is 17.6 Å². The molecule has 0 aromatic carbocycles. The molecule has 0 saturated carbocycles. The first-order valence-corrected chi connectivity index (χ1v) is 4.79. The Morgan fingerprint density at radius 2 is 2.06 bits per heavy atom. The lowest BCUT2D eigenvalue weighted by Crippen LogP contribution is -2.21. The van der Waals surface area contributed by atoms with Gasteiger partial charge in [0.05, 0.1) is 0 Å². The Morgan fingerprint density at radius 1 is 1.44 bits per heavy atom. The molecule has 0 fully saturated rings. The summed E-state index contributed by atoms with van der Waals surface area (Å²) < 4.78 is 50.3. The van der Waals surface area contributed by atoms with Crippen LogP contribution in [0.3, 0.4) is 0 Å². The van der Waals surface area contributed by atoms with Gasteiger partial charge in [-0.15, -0.1) is 0 Å². The maximum Gasteiger partial charge on any atom is 0.423 e. The van der Waals surface area contributed by atoms with E-state index >= 15 is 0 Å². The van der Waals surface area contributed by atoms with Gasteiger partial charge in [-0.1, -0.05) is 12.3 Å². The van der Waals surface area contributed by atoms with Crippen LogP contribution in [0.1, 0.15) is 0 Å². The van der Waals surface area contributed by atoms with E-state index in [4.69, 9.17) is 0 Å². The van der Waals surface area contributed by atoms with Crippen LogP contribution in [0.4, 0.5) is 17.6 Å². The second-order valence-electron chi connectivity index (χ2n) is 3.42. The zero-order chi connectivity index (χ0) is 13.9. The normalized spacial score (nSPS) is 15.3. The molecule has 0 heterocycles. The minimum Gasteiger partial charge on any atom is -0.319 e. The molecule has 1 aliphatic rings. The molecule has 0 spiro atoms. The molecule has 1 amide bonds. The number of hydrogen-bond donors (Lipinski definition) is 0. The number of halogens is 4. The molecular formula is C12H9F4NO. The minimum absolute atomic E-state index is 0.221. The summed E-state index contributed by atoms with van der Waals surface area (Å²) in [6, 6.07) is 0. The standard InChI is InChI=1S/C12H9F4NO/c1-3-17(2)11(18)8-4-5-9(12(14,15)16)7-10(13)6-8/h3-6H,1H2,2H3. The van der Waals surface area contributed by atoms with Gasteiger partial charge in [0.15, 0.2) is 5.83 Å². The molecule has 18 heavy (non-hydrogen) atoms. The van der Waals surface area contributed by atoms with Gasteiger partial charge in [-0.05, 0) is 24.4 Å². The maximum absolute atomic E-state index is 13.2. The van der Waals surface area contributed by atoms with Crippen molar-refractivity contribution in [3.63, 3.8) is 0 Å². The van der Waals surface area contributed by atoms with E-state index in [9.17, 15) is 22.4 Å². The molecule has 0 unspecified atom stereocenters. The van der Waals surface area contributed by atoms with Crippen molar-refractivity contribution in [2.45, 2.75) is 6.18 Å². The number of hydrogen-bond acceptors (Lipinski definition) is 1. The van der Waals surface area contributed by atoms with Gasteiger partial charge < -0.3 is 4.90 Å². The molecule has 0 aliphatic heterocycles. The van der Waals surface area contributed by atoms with Crippen LogP contribution in [0.2, 0.25) is 0 Å². The molecule has 2 nitrogen and oxygen atoms in total. The van der Waals surface area contributed by atoms with E-state index in [1.54, 1.807) is 5.73 Å². The average Bonchev–Trinajstić information content (AvgIpc) is 2.48. The lowest BCUT2D eigenvalue weighted by atomic mass is 10.2. The number of amides is 1. The van der Waals surface area contributed by atoms with Crippen molar-refractivity contribution in [3.05, 3.63) is 53.7 Å². The Labute approximate surface area is 101 Å². The highest BCUT2D eigenvalue weighted by atomic mass is 19.4. The van der Waals surface area contributed by atoms with Crippen LogP contribution in [0, 0.1) is 0 Å². The molecular weight excluding hydrogens is 250 g/mol. The Bertz CT molecular complexity index is 505. The van der Waals surface area contributed by atoms with Gasteiger partial charge in [0, 0.05) is 12.6 Å². The zero-order valence-electron chi connectivity index (χ0n) is 9.38. The molecule has 1 aliphatic carbocycles. The Kier molecular flexibility index (Phi) is 3.93. The average molecular weight is 259 g/mol. The van der Waals surface area contributed by atoms with E-state index in [1.807, 2.05) is 0 Å². The summed E-state index contributed by atoms with van der Waals surface area (Å²) in [5.74, 6) is -1.92. The van der Waals surface area contributed by atoms with Crippen molar-refractivity contribution in [1.29, 1.82) is 0 Å². The molecule has 0 bridgehead atoms. The Hall–Kier alpha value is -2.07. The predicted octanol–water partition coefficient (Wildman–Crippen LogP) is 3.03. The molecule has 0 radical (unpaired) electrons. The third-order valence-corrected chi connectivity index (χ3v) is 2.11. The van der Waals surface area contributed by atoms with Crippen LogP contribution in [-0.2, 0) is 4.79 Å². The molecule has 0 aromatic rings. The number of likely N-dealkylation sites (N-methyl/N-ethyl adjacent to an activating group) is 1. The van der Waals surface area contributed by atoms with E-state index in [2.05, 4.69) is 6.58 Å². The largest absolute Gasteiger partial charge is 0.423 e. The maximum atomic E-state index is 13.2. The fourth-order valence-electron chi connectivity index (χ4n) is 1.15. The summed E-state index contributed by atoms with van der Waals surface area (Å²) in [4.78, 5) is 12.7. The van der Waals surface area contributed by atoms with E-state index in [-0.39, 0.29) is 5.57 Å². The second kappa shape index (κ2) is 5.06. The van der Waals surface area contributed by atoms with E-state index in [1.165, 1.54) is 13.2 Å². The molecule has 1 rings (SSSR count). The Morgan fingerprint density at radius 3 is 2.56 bits per heavy atom. The summed E-state index contributed by atoms with van der Waals surface area (Å²) in [5.41, 5.74) is 0.0443. The monoisotopic (exact) mass is 259 g/mol. The van der Waals surface area contributed by atoms with Crippen LogP contribution in [0.25, 0.3) is 0 Å². The summed E-state index contributed by atoms with van der Waals surface area (Å²) in [6.45, 7) is 3.33. The van der Waals surface area contributed by atoms with Gasteiger partial charge in [0.25, 0.3) is 5.91 Å². The molecule has 96 valence electrons. The van der Waals surface area contributed by atoms with Gasteiger partial charge in [-0.25, -0.2) is 0 Å². The summed E-state index contributed by atoms with van der Waals surface area (Å²) in [6.07, 6.45) is -1.36. The first-order chi connectivity index (χ1) is 8.25. The zero-order valence-corrected chi connectivity index (χ0v) is 9.38. The first kappa shape index (κ1) is 14.0. The topological polar surface area (TPSA) is 20.3 Å². The van der Waals surface area contributed by atoms with E-state index < -0.39 is 23.5 Å². The van der Waals surface area contributed by atoms with Gasteiger partial charge in [0.1, 0.15) is 5.57 Å². The molecule has 0 saturated heterocycles. The SMILES string of the molecule is C=CN(C)C(=O)C1=CC(F)=C=C(C(F)(F)F)C=C1. The lowest BCUT2D eigenvalue weighted by molar-refractivity contribution is -0.123. The van der Waals surface area contributed by atoms with Crippen molar-refractivity contribution in [2.75, 3.05) is 7.05 Å². The van der Waals surface area contributed by atoms with Crippen molar-refractivity contribution in [1.82, 2.24) is 4.90 Å². The van der Waals surface area contributed by atoms with Crippen LogP contribution < -0.4 is 0 Å². The fourth-order valence-corrected chi connectivity index (χ4v) is 1.15. The quantitative estimate of drug-likeness (QED) is 0.551. The van der Waals surface area contributed by atoms with E-state index in [0.717, 1.165) is 11.0 Å². The number of rotatable bonds is 2. The minimum atomic E-state index is -4.72. The van der Waals surface area contributed by atoms with Crippen LogP contribution in [0.5, 0.6) is 0 Å².